The zero-order valence-electron chi connectivity index (χ0n) is 14.2. The lowest BCUT2D eigenvalue weighted by Crippen LogP contribution is -2.29. The van der Waals surface area contributed by atoms with Crippen LogP contribution in [-0.2, 0) is 4.79 Å². The molecule has 2 aromatic rings. The summed E-state index contributed by atoms with van der Waals surface area (Å²) in [6.07, 6.45) is 0. The van der Waals surface area contributed by atoms with Crippen molar-refractivity contribution in [3.8, 4) is 11.5 Å². The number of amides is 3. The number of hydrogen-bond acceptors (Lipinski definition) is 4. The van der Waals surface area contributed by atoms with Gasteiger partial charge in [-0.25, -0.2) is 4.79 Å². The lowest BCUT2D eigenvalue weighted by Gasteiger charge is -2.16. The fourth-order valence-electron chi connectivity index (χ4n) is 2.43. The zero-order valence-corrected chi connectivity index (χ0v) is 14.2. The van der Waals surface area contributed by atoms with Gasteiger partial charge in [0.05, 0.1) is 0 Å². The topological polar surface area (TPSA) is 88.7 Å². The summed E-state index contributed by atoms with van der Waals surface area (Å²) < 4.78 is 11.3. The maximum absolute atomic E-state index is 12.1. The Balaban J connectivity index is 1.61. The Morgan fingerprint density at radius 2 is 1.32 bits per heavy atom. The molecule has 3 amide bonds. The summed E-state index contributed by atoms with van der Waals surface area (Å²) in [4.78, 5) is 23.1. The Morgan fingerprint density at radius 1 is 0.800 bits per heavy atom. The molecule has 0 bridgehead atoms. The van der Waals surface area contributed by atoms with E-state index < -0.39 is 5.79 Å². The van der Waals surface area contributed by atoms with Gasteiger partial charge in [-0.2, -0.15) is 0 Å². The van der Waals surface area contributed by atoms with E-state index in [1.807, 2.05) is 13.8 Å². The molecule has 0 saturated heterocycles. The van der Waals surface area contributed by atoms with Crippen LogP contribution in [0.3, 0.4) is 0 Å². The second-order valence-corrected chi connectivity index (χ2v) is 6.10. The molecule has 7 nitrogen and oxygen atoms in total. The highest BCUT2D eigenvalue weighted by Crippen LogP contribution is 2.40. The van der Waals surface area contributed by atoms with Gasteiger partial charge in [0.15, 0.2) is 11.5 Å². The molecule has 0 atom stereocenters. The first-order valence-electron chi connectivity index (χ1n) is 7.78. The summed E-state index contributed by atoms with van der Waals surface area (Å²) in [5.74, 6) is 0.371. The minimum absolute atomic E-state index is 0.149. The molecule has 1 heterocycles. The SMILES string of the molecule is CC(=O)Nc1ccc(NC(=O)Nc2ccc3c(c2)OC(C)(C)O3)cc1. The summed E-state index contributed by atoms with van der Waals surface area (Å²) in [6.45, 7) is 5.07. The van der Waals surface area contributed by atoms with Gasteiger partial charge in [0, 0.05) is 43.9 Å². The third-order valence-corrected chi connectivity index (χ3v) is 3.38. The van der Waals surface area contributed by atoms with Crippen LogP contribution in [0.15, 0.2) is 42.5 Å². The van der Waals surface area contributed by atoms with Crippen LogP contribution in [-0.4, -0.2) is 17.7 Å². The lowest BCUT2D eigenvalue weighted by atomic mass is 10.2. The third kappa shape index (κ3) is 4.20. The van der Waals surface area contributed by atoms with Gasteiger partial charge in [-0.05, 0) is 36.4 Å². The molecule has 0 fully saturated rings. The predicted octanol–water partition coefficient (Wildman–Crippen LogP) is 3.80. The number of nitrogens with one attached hydrogen (secondary N) is 3. The highest BCUT2D eigenvalue weighted by atomic mass is 16.7. The molecule has 0 unspecified atom stereocenters. The number of carbonyl (C=O) groups excluding carboxylic acids is 2. The number of anilines is 3. The maximum Gasteiger partial charge on any atom is 0.323 e. The van der Waals surface area contributed by atoms with Crippen LogP contribution in [0.25, 0.3) is 0 Å². The van der Waals surface area contributed by atoms with E-state index in [1.165, 1.54) is 6.92 Å². The van der Waals surface area contributed by atoms with Gasteiger partial charge >= 0.3 is 6.03 Å². The van der Waals surface area contributed by atoms with Crippen molar-refractivity contribution in [1.82, 2.24) is 0 Å². The number of ether oxygens (including phenoxy) is 2. The van der Waals surface area contributed by atoms with Gasteiger partial charge in [0.1, 0.15) is 0 Å². The van der Waals surface area contributed by atoms with E-state index in [4.69, 9.17) is 9.47 Å². The van der Waals surface area contributed by atoms with Gasteiger partial charge < -0.3 is 25.4 Å². The molecule has 3 N–H and O–H groups in total. The highest BCUT2D eigenvalue weighted by molar-refractivity contribution is 6.00. The molecule has 7 heteroatoms. The summed E-state index contributed by atoms with van der Waals surface area (Å²) in [5.41, 5.74) is 1.86. The van der Waals surface area contributed by atoms with Crippen molar-refractivity contribution in [1.29, 1.82) is 0 Å². The second kappa shape index (κ2) is 6.35. The van der Waals surface area contributed by atoms with E-state index in [0.717, 1.165) is 0 Å². The van der Waals surface area contributed by atoms with Crippen molar-refractivity contribution in [2.75, 3.05) is 16.0 Å². The van der Waals surface area contributed by atoms with Crippen molar-refractivity contribution in [3.63, 3.8) is 0 Å². The van der Waals surface area contributed by atoms with Crippen LogP contribution in [0.2, 0.25) is 0 Å². The Kier molecular flexibility index (Phi) is 4.22. The minimum Gasteiger partial charge on any atom is -0.449 e. The fraction of sp³-hybridized carbons (Fsp3) is 0.222. The smallest absolute Gasteiger partial charge is 0.323 e. The molecule has 25 heavy (non-hydrogen) atoms. The number of hydrogen-bond donors (Lipinski definition) is 3. The van der Waals surface area contributed by atoms with Crippen LogP contribution < -0.4 is 25.4 Å². The molecular formula is C18H19N3O4. The van der Waals surface area contributed by atoms with Crippen molar-refractivity contribution in [3.05, 3.63) is 42.5 Å². The van der Waals surface area contributed by atoms with E-state index in [0.29, 0.717) is 28.6 Å². The molecule has 1 aliphatic heterocycles. The van der Waals surface area contributed by atoms with E-state index >= 15 is 0 Å². The van der Waals surface area contributed by atoms with E-state index in [-0.39, 0.29) is 11.9 Å². The van der Waals surface area contributed by atoms with Crippen molar-refractivity contribution in [2.24, 2.45) is 0 Å². The van der Waals surface area contributed by atoms with Crippen molar-refractivity contribution < 1.29 is 19.1 Å². The standard InChI is InChI=1S/C18H19N3O4/c1-11(22)19-12-4-6-13(7-5-12)20-17(23)21-14-8-9-15-16(10-14)25-18(2,3)24-15/h4-10H,1-3H3,(H,19,22)(H2,20,21,23). The summed E-state index contributed by atoms with van der Waals surface area (Å²) in [6, 6.07) is 11.6. The molecular weight excluding hydrogens is 322 g/mol. The Bertz CT molecular complexity index is 816. The number of carbonyl (C=O) groups is 2. The van der Waals surface area contributed by atoms with Gasteiger partial charge in [-0.1, -0.05) is 0 Å². The minimum atomic E-state index is -0.709. The second-order valence-electron chi connectivity index (χ2n) is 6.10. The Hall–Kier alpha value is -3.22. The monoisotopic (exact) mass is 341 g/mol. The molecule has 1 aliphatic rings. The number of urea groups is 1. The summed E-state index contributed by atoms with van der Waals surface area (Å²) >= 11 is 0. The predicted molar refractivity (Wildman–Crippen MR) is 95.2 cm³/mol. The fourth-order valence-corrected chi connectivity index (χ4v) is 2.43. The first kappa shape index (κ1) is 16.6. The van der Waals surface area contributed by atoms with Crippen molar-refractivity contribution >= 4 is 29.0 Å². The summed E-state index contributed by atoms with van der Waals surface area (Å²) in [5, 5.41) is 8.12. The molecule has 0 saturated carbocycles. The largest absolute Gasteiger partial charge is 0.449 e. The summed E-state index contributed by atoms with van der Waals surface area (Å²) in [7, 11) is 0. The molecule has 3 rings (SSSR count). The van der Waals surface area contributed by atoms with Gasteiger partial charge in [-0.3, -0.25) is 4.79 Å². The normalized spacial score (nSPS) is 13.9. The number of rotatable bonds is 3. The molecule has 0 radical (unpaired) electrons. The first-order valence-corrected chi connectivity index (χ1v) is 7.78. The average molecular weight is 341 g/mol. The highest BCUT2D eigenvalue weighted by Gasteiger charge is 2.31. The maximum atomic E-state index is 12.1. The van der Waals surface area contributed by atoms with Crippen molar-refractivity contribution in [2.45, 2.75) is 26.6 Å². The molecule has 130 valence electrons. The van der Waals surface area contributed by atoms with Crippen LogP contribution in [0.1, 0.15) is 20.8 Å². The average Bonchev–Trinajstić information content (AvgIpc) is 2.82. The van der Waals surface area contributed by atoms with Gasteiger partial charge in [0.2, 0.25) is 11.7 Å². The zero-order chi connectivity index (χ0) is 18.0. The third-order valence-electron chi connectivity index (χ3n) is 3.38. The Morgan fingerprint density at radius 3 is 1.96 bits per heavy atom. The number of benzene rings is 2. The van der Waals surface area contributed by atoms with Crippen LogP contribution in [0, 0.1) is 0 Å². The number of fused-ring (bicyclic) bond motifs is 1. The van der Waals surface area contributed by atoms with Crippen LogP contribution >= 0.6 is 0 Å². The molecule has 2 aromatic carbocycles. The quantitative estimate of drug-likeness (QED) is 0.792. The van der Waals surface area contributed by atoms with Crippen LogP contribution in [0.5, 0.6) is 11.5 Å². The molecule has 0 spiro atoms. The van der Waals surface area contributed by atoms with Crippen LogP contribution in [0.4, 0.5) is 21.9 Å². The van der Waals surface area contributed by atoms with E-state index in [1.54, 1.807) is 42.5 Å². The van der Waals surface area contributed by atoms with E-state index in [9.17, 15) is 9.59 Å². The Labute approximate surface area is 145 Å². The van der Waals surface area contributed by atoms with Gasteiger partial charge in [-0.15, -0.1) is 0 Å². The van der Waals surface area contributed by atoms with E-state index in [2.05, 4.69) is 16.0 Å². The molecule has 0 aliphatic carbocycles. The molecule has 0 aromatic heterocycles. The lowest BCUT2D eigenvalue weighted by molar-refractivity contribution is -0.114. The first-order chi connectivity index (χ1) is 11.8. The van der Waals surface area contributed by atoms with Gasteiger partial charge in [0.25, 0.3) is 0 Å².